The lowest BCUT2D eigenvalue weighted by molar-refractivity contribution is 0.102. The molecule has 2 aliphatic heterocycles. The highest BCUT2D eigenvalue weighted by Crippen LogP contribution is 2.29. The number of morpholine rings is 1. The highest BCUT2D eigenvalue weighted by molar-refractivity contribution is 7.89. The Morgan fingerprint density at radius 2 is 1.47 bits per heavy atom. The van der Waals surface area contributed by atoms with Gasteiger partial charge in [0, 0.05) is 51.6 Å². The van der Waals surface area contributed by atoms with Crippen molar-refractivity contribution in [3.05, 3.63) is 48.0 Å². The molecule has 0 unspecified atom stereocenters. The van der Waals surface area contributed by atoms with Gasteiger partial charge in [-0.2, -0.15) is 4.31 Å². The van der Waals surface area contributed by atoms with Gasteiger partial charge in [0.05, 0.1) is 28.6 Å². The number of amides is 1. The fourth-order valence-corrected chi connectivity index (χ4v) is 6.76. The molecule has 1 amide bonds. The molecule has 196 valence electrons. The number of hydrogen-bond donors (Lipinski definition) is 1. The molecule has 10 nitrogen and oxygen atoms in total. The Morgan fingerprint density at radius 3 is 2.08 bits per heavy atom. The summed E-state index contributed by atoms with van der Waals surface area (Å²) >= 11 is 0. The standard InChI is InChI=1S/C24H32N4O6S2/c1-26(2)35(30,31)20-8-6-19(7-9-20)25-24(29)22-18-21(36(32,33)28-12-4-3-5-13-28)10-11-23(22)27-14-16-34-17-15-27/h6-11,18H,3-5,12-17H2,1-2H3,(H,25,29). The Kier molecular flexibility index (Phi) is 8.00. The maximum atomic E-state index is 13.4. The lowest BCUT2D eigenvalue weighted by atomic mass is 10.1. The van der Waals surface area contributed by atoms with Gasteiger partial charge in [-0.15, -0.1) is 0 Å². The van der Waals surface area contributed by atoms with Gasteiger partial charge >= 0.3 is 0 Å². The number of nitrogens with zero attached hydrogens (tertiary/aromatic N) is 3. The van der Waals surface area contributed by atoms with Crippen LogP contribution < -0.4 is 10.2 Å². The summed E-state index contributed by atoms with van der Waals surface area (Å²) in [6.07, 6.45) is 2.64. The SMILES string of the molecule is CN(C)S(=O)(=O)c1ccc(NC(=O)c2cc(S(=O)(=O)N3CCCCC3)ccc2N2CCOCC2)cc1. The van der Waals surface area contributed by atoms with Crippen LogP contribution >= 0.6 is 0 Å². The van der Waals surface area contributed by atoms with E-state index >= 15 is 0 Å². The van der Waals surface area contributed by atoms with E-state index in [1.165, 1.54) is 48.7 Å². The van der Waals surface area contributed by atoms with Crippen molar-refractivity contribution in [2.24, 2.45) is 0 Å². The Morgan fingerprint density at radius 1 is 0.861 bits per heavy atom. The van der Waals surface area contributed by atoms with E-state index < -0.39 is 26.0 Å². The summed E-state index contributed by atoms with van der Waals surface area (Å²) in [6, 6.07) is 10.6. The lowest BCUT2D eigenvalue weighted by Gasteiger charge is -2.31. The molecule has 2 aromatic carbocycles. The zero-order valence-electron chi connectivity index (χ0n) is 20.5. The summed E-state index contributed by atoms with van der Waals surface area (Å²) in [5.74, 6) is -0.476. The summed E-state index contributed by atoms with van der Waals surface area (Å²) < 4.78 is 59.3. The van der Waals surface area contributed by atoms with Crippen molar-refractivity contribution < 1.29 is 26.4 Å². The molecule has 0 spiro atoms. The van der Waals surface area contributed by atoms with Crippen LogP contribution in [0.2, 0.25) is 0 Å². The van der Waals surface area contributed by atoms with Crippen molar-refractivity contribution in [2.45, 2.75) is 29.1 Å². The van der Waals surface area contributed by atoms with Crippen molar-refractivity contribution in [1.82, 2.24) is 8.61 Å². The Balaban J connectivity index is 1.65. The zero-order chi connectivity index (χ0) is 25.9. The maximum absolute atomic E-state index is 13.4. The fourth-order valence-electron chi connectivity index (χ4n) is 4.31. The average molecular weight is 537 g/mol. The topological polar surface area (TPSA) is 116 Å². The normalized spacial score (nSPS) is 17.8. The third-order valence-corrected chi connectivity index (χ3v) is 10.1. The second-order valence-corrected chi connectivity index (χ2v) is 13.1. The molecule has 2 aliphatic rings. The number of benzene rings is 2. The Hall–Kier alpha value is -2.51. The number of carbonyl (C=O) groups is 1. The molecule has 1 N–H and O–H groups in total. The van der Waals surface area contributed by atoms with Crippen molar-refractivity contribution in [2.75, 3.05) is 63.7 Å². The monoisotopic (exact) mass is 536 g/mol. The first-order valence-corrected chi connectivity index (χ1v) is 14.8. The smallest absolute Gasteiger partial charge is 0.257 e. The van der Waals surface area contributed by atoms with Crippen molar-refractivity contribution in [3.63, 3.8) is 0 Å². The number of nitrogens with one attached hydrogen (secondary N) is 1. The van der Waals surface area contributed by atoms with Gasteiger partial charge in [-0.3, -0.25) is 4.79 Å². The van der Waals surface area contributed by atoms with E-state index in [1.807, 2.05) is 4.90 Å². The van der Waals surface area contributed by atoms with Crippen molar-refractivity contribution in [3.8, 4) is 0 Å². The summed E-state index contributed by atoms with van der Waals surface area (Å²) in [6.45, 7) is 3.12. The van der Waals surface area contributed by atoms with Gasteiger partial charge in [0.1, 0.15) is 0 Å². The average Bonchev–Trinajstić information content (AvgIpc) is 2.89. The van der Waals surface area contributed by atoms with Crippen LogP contribution in [0.3, 0.4) is 0 Å². The molecule has 0 saturated carbocycles. The van der Waals surface area contributed by atoms with Gasteiger partial charge < -0.3 is 15.0 Å². The number of carbonyl (C=O) groups excluding carboxylic acids is 1. The predicted molar refractivity (Wildman–Crippen MR) is 137 cm³/mol. The molecule has 0 aromatic heterocycles. The first kappa shape index (κ1) is 26.6. The van der Waals surface area contributed by atoms with Crippen LogP contribution in [0, 0.1) is 0 Å². The van der Waals surface area contributed by atoms with Crippen LogP contribution in [0.1, 0.15) is 29.6 Å². The molecule has 0 radical (unpaired) electrons. The predicted octanol–water partition coefficient (Wildman–Crippen LogP) is 2.20. The second kappa shape index (κ2) is 10.9. The van der Waals surface area contributed by atoms with Crippen LogP contribution in [0.4, 0.5) is 11.4 Å². The molecule has 0 atom stereocenters. The summed E-state index contributed by atoms with van der Waals surface area (Å²) in [5.41, 5.74) is 1.26. The number of sulfonamides is 2. The zero-order valence-corrected chi connectivity index (χ0v) is 22.1. The Labute approximate surface area is 212 Å². The second-order valence-electron chi connectivity index (χ2n) is 9.01. The first-order chi connectivity index (χ1) is 17.1. The number of hydrogen-bond acceptors (Lipinski definition) is 7. The van der Waals surface area contributed by atoms with E-state index in [9.17, 15) is 21.6 Å². The van der Waals surface area contributed by atoms with E-state index in [0.717, 1.165) is 23.6 Å². The molecule has 2 fully saturated rings. The van der Waals surface area contributed by atoms with Crippen molar-refractivity contribution in [1.29, 1.82) is 0 Å². The molecular formula is C24H32N4O6S2. The van der Waals surface area contributed by atoms with Crippen LogP contribution in [-0.4, -0.2) is 84.8 Å². The van der Waals surface area contributed by atoms with Gasteiger partial charge in [-0.25, -0.2) is 21.1 Å². The summed E-state index contributed by atoms with van der Waals surface area (Å²) in [7, 11) is -4.43. The third kappa shape index (κ3) is 5.57. The summed E-state index contributed by atoms with van der Waals surface area (Å²) in [4.78, 5) is 15.6. The highest BCUT2D eigenvalue weighted by atomic mass is 32.2. The van der Waals surface area contributed by atoms with E-state index in [1.54, 1.807) is 12.1 Å². The Bertz CT molecular complexity index is 1300. The van der Waals surface area contributed by atoms with Gasteiger partial charge in [0.15, 0.2) is 0 Å². The first-order valence-electron chi connectivity index (χ1n) is 11.9. The van der Waals surface area contributed by atoms with Crippen LogP contribution in [0.5, 0.6) is 0 Å². The van der Waals surface area contributed by atoms with Crippen molar-refractivity contribution >= 4 is 37.3 Å². The summed E-state index contributed by atoms with van der Waals surface area (Å²) in [5, 5.41) is 2.79. The molecule has 2 aromatic rings. The molecule has 4 rings (SSSR count). The minimum Gasteiger partial charge on any atom is -0.378 e. The van der Waals surface area contributed by atoms with Gasteiger partial charge in [-0.1, -0.05) is 6.42 Å². The molecule has 36 heavy (non-hydrogen) atoms. The number of piperidine rings is 1. The number of anilines is 2. The third-order valence-electron chi connectivity index (χ3n) is 6.41. The van der Waals surface area contributed by atoms with Gasteiger partial charge in [0.2, 0.25) is 20.0 Å². The lowest BCUT2D eigenvalue weighted by Crippen LogP contribution is -2.38. The number of ether oxygens (including phenoxy) is 1. The minimum absolute atomic E-state index is 0.0824. The molecule has 0 bridgehead atoms. The molecule has 2 heterocycles. The van der Waals surface area contributed by atoms with E-state index in [2.05, 4.69) is 5.32 Å². The van der Waals surface area contributed by atoms with Crippen LogP contribution in [0.15, 0.2) is 52.3 Å². The minimum atomic E-state index is -3.73. The highest BCUT2D eigenvalue weighted by Gasteiger charge is 2.29. The molecule has 12 heteroatoms. The maximum Gasteiger partial charge on any atom is 0.257 e. The van der Waals surface area contributed by atoms with Crippen LogP contribution in [-0.2, 0) is 24.8 Å². The molecule has 2 saturated heterocycles. The largest absolute Gasteiger partial charge is 0.378 e. The molecule has 0 aliphatic carbocycles. The van der Waals surface area contributed by atoms with E-state index in [4.69, 9.17) is 4.74 Å². The number of rotatable bonds is 7. The van der Waals surface area contributed by atoms with E-state index in [-0.39, 0.29) is 15.4 Å². The van der Waals surface area contributed by atoms with Gasteiger partial charge in [-0.05, 0) is 55.3 Å². The van der Waals surface area contributed by atoms with Crippen LogP contribution in [0.25, 0.3) is 0 Å². The van der Waals surface area contributed by atoms with E-state index in [0.29, 0.717) is 50.8 Å². The fraction of sp³-hybridized carbons (Fsp3) is 0.458. The quantitative estimate of drug-likeness (QED) is 0.577. The molecular weight excluding hydrogens is 504 g/mol. The van der Waals surface area contributed by atoms with Gasteiger partial charge in [0.25, 0.3) is 5.91 Å².